The molecule has 7 rings (SSSR count). The fourth-order valence-electron chi connectivity index (χ4n) is 8.34. The summed E-state index contributed by atoms with van der Waals surface area (Å²) < 4.78 is 14.9. The topological polar surface area (TPSA) is 147 Å². The Bertz CT molecular complexity index is 2000. The summed E-state index contributed by atoms with van der Waals surface area (Å²) >= 11 is 3.62. The molecule has 1 aromatic heterocycles. The molecule has 0 bridgehead atoms. The summed E-state index contributed by atoms with van der Waals surface area (Å²) in [4.78, 5) is 54.0. The number of esters is 1. The van der Waals surface area contributed by atoms with Crippen molar-refractivity contribution in [3.05, 3.63) is 106 Å². The Morgan fingerprint density at radius 3 is 2.58 bits per heavy atom. The number of amides is 2. The lowest BCUT2D eigenvalue weighted by molar-refractivity contribution is -0.154. The van der Waals surface area contributed by atoms with Gasteiger partial charge in [0.05, 0.1) is 43.0 Å². The molecule has 1 spiro atoms. The zero-order chi connectivity index (χ0) is 36.9. The SMILES string of the molecule is CC(=O)OC1CC(=O)N1c1cccc(CN2C(=O)[C@]3(O[C@H](CCn4cc(C(CO)c5ccccc5)nn4)[C@@H]([Si](C)(C)O)[C@@H]3C)c3cc(Br)ccc32)c1. The van der Waals surface area contributed by atoms with Crippen LogP contribution in [0, 0.1) is 5.92 Å². The Labute approximate surface area is 311 Å². The molecule has 0 radical (unpaired) electrons. The Kier molecular flexibility index (Phi) is 9.72. The summed E-state index contributed by atoms with van der Waals surface area (Å²) in [6, 6.07) is 22.8. The highest BCUT2D eigenvalue weighted by atomic mass is 79.9. The maximum atomic E-state index is 14.9. The van der Waals surface area contributed by atoms with Crippen molar-refractivity contribution in [1.82, 2.24) is 15.0 Å². The number of hydrogen-bond donors (Lipinski definition) is 2. The number of β-lactam (4-membered cyclic amide) rings is 1. The van der Waals surface area contributed by atoms with Gasteiger partial charge in [-0.1, -0.05) is 70.5 Å². The van der Waals surface area contributed by atoms with Gasteiger partial charge in [-0.3, -0.25) is 24.0 Å². The molecule has 3 aliphatic rings. The minimum Gasteiger partial charge on any atom is -0.441 e. The van der Waals surface area contributed by atoms with Crippen LogP contribution in [-0.4, -0.2) is 69.9 Å². The number of rotatable bonds is 11. The Morgan fingerprint density at radius 2 is 1.88 bits per heavy atom. The van der Waals surface area contributed by atoms with Crippen LogP contribution in [0.2, 0.25) is 18.6 Å². The number of carbonyl (C=O) groups excluding carboxylic acids is 3. The second-order valence-electron chi connectivity index (χ2n) is 14.5. The maximum absolute atomic E-state index is 14.9. The van der Waals surface area contributed by atoms with Crippen LogP contribution in [-0.2, 0) is 42.5 Å². The van der Waals surface area contributed by atoms with Crippen LogP contribution in [0.3, 0.4) is 0 Å². The van der Waals surface area contributed by atoms with Crippen molar-refractivity contribution in [2.45, 2.75) is 82.3 Å². The normalized spacial score (nSPS) is 24.7. The van der Waals surface area contributed by atoms with Gasteiger partial charge < -0.3 is 24.3 Å². The first-order chi connectivity index (χ1) is 24.8. The maximum Gasteiger partial charge on any atom is 0.304 e. The number of halogens is 1. The van der Waals surface area contributed by atoms with Gasteiger partial charge in [0, 0.05) is 46.8 Å². The van der Waals surface area contributed by atoms with Crippen molar-refractivity contribution in [2.75, 3.05) is 16.4 Å². The van der Waals surface area contributed by atoms with Crippen molar-refractivity contribution in [1.29, 1.82) is 0 Å². The molecule has 0 saturated carbocycles. The second-order valence-corrected chi connectivity index (χ2v) is 19.3. The molecule has 0 aliphatic carbocycles. The molecule has 52 heavy (non-hydrogen) atoms. The zero-order valence-corrected chi connectivity index (χ0v) is 32.1. The number of nitrogens with zero attached hydrogens (tertiary/aromatic N) is 5. The Hall–Kier alpha value is -4.21. The first-order valence-electron chi connectivity index (χ1n) is 17.5. The first kappa shape index (κ1) is 36.2. The highest BCUT2D eigenvalue weighted by Crippen LogP contribution is 2.60. The van der Waals surface area contributed by atoms with E-state index in [4.69, 9.17) is 9.47 Å². The molecule has 272 valence electrons. The van der Waals surface area contributed by atoms with Crippen LogP contribution in [0.1, 0.15) is 55.0 Å². The predicted molar refractivity (Wildman–Crippen MR) is 199 cm³/mol. The molecule has 2 unspecified atom stereocenters. The average molecular weight is 789 g/mol. The molecular weight excluding hydrogens is 746 g/mol. The quantitative estimate of drug-likeness (QED) is 0.119. The van der Waals surface area contributed by atoms with E-state index in [2.05, 4.69) is 26.2 Å². The van der Waals surface area contributed by atoms with Crippen LogP contribution in [0.5, 0.6) is 0 Å². The van der Waals surface area contributed by atoms with E-state index in [1.807, 2.05) is 92.9 Å². The summed E-state index contributed by atoms with van der Waals surface area (Å²) in [6.07, 6.45) is 1.33. The minimum atomic E-state index is -2.91. The van der Waals surface area contributed by atoms with E-state index in [-0.39, 0.29) is 48.8 Å². The number of aliphatic hydroxyl groups excluding tert-OH is 1. The summed E-state index contributed by atoms with van der Waals surface area (Å²) in [5, 5.41) is 18.9. The summed E-state index contributed by atoms with van der Waals surface area (Å²) in [5.41, 5.74) is 2.82. The minimum absolute atomic E-state index is 0.107. The van der Waals surface area contributed by atoms with Gasteiger partial charge in [0.25, 0.3) is 5.91 Å². The highest BCUT2D eigenvalue weighted by molar-refractivity contribution is 9.10. The third-order valence-electron chi connectivity index (χ3n) is 10.6. The number of carbonyl (C=O) groups is 3. The lowest BCUT2D eigenvalue weighted by atomic mass is 9.82. The second kappa shape index (κ2) is 14.0. The van der Waals surface area contributed by atoms with Gasteiger partial charge in [0.2, 0.25) is 5.91 Å². The monoisotopic (exact) mass is 787 g/mol. The molecular formula is C38H42BrN5O7Si. The van der Waals surface area contributed by atoms with Crippen LogP contribution in [0.25, 0.3) is 0 Å². The molecule has 6 atom stereocenters. The van der Waals surface area contributed by atoms with E-state index in [0.717, 1.165) is 26.9 Å². The number of hydrogen-bond acceptors (Lipinski definition) is 9. The van der Waals surface area contributed by atoms with E-state index in [1.165, 1.54) is 11.8 Å². The molecule has 2 N–H and O–H groups in total. The number of aryl methyl sites for hydroxylation is 1. The van der Waals surface area contributed by atoms with E-state index in [0.29, 0.717) is 24.3 Å². The fourth-order valence-corrected chi connectivity index (χ4v) is 11.3. The summed E-state index contributed by atoms with van der Waals surface area (Å²) in [5.74, 6) is -1.49. The molecule has 2 amide bonds. The van der Waals surface area contributed by atoms with E-state index in [9.17, 15) is 24.3 Å². The van der Waals surface area contributed by atoms with Crippen molar-refractivity contribution in [3.63, 3.8) is 0 Å². The van der Waals surface area contributed by atoms with Gasteiger partial charge >= 0.3 is 5.97 Å². The molecule has 2 saturated heterocycles. The van der Waals surface area contributed by atoms with Crippen LogP contribution < -0.4 is 9.80 Å². The van der Waals surface area contributed by atoms with E-state index < -0.39 is 32.2 Å². The number of anilines is 2. The highest BCUT2D eigenvalue weighted by Gasteiger charge is 2.66. The lowest BCUT2D eigenvalue weighted by Crippen LogP contribution is -2.54. The summed E-state index contributed by atoms with van der Waals surface area (Å²) in [6.45, 7) is 7.66. The number of benzene rings is 3. The molecule has 4 aromatic rings. The Morgan fingerprint density at radius 1 is 1.12 bits per heavy atom. The van der Waals surface area contributed by atoms with Gasteiger partial charge in [0.1, 0.15) is 0 Å². The predicted octanol–water partition coefficient (Wildman–Crippen LogP) is 5.23. The molecule has 4 heterocycles. The fraction of sp³-hybridized carbons (Fsp3) is 0.395. The summed E-state index contributed by atoms with van der Waals surface area (Å²) in [7, 11) is -2.91. The van der Waals surface area contributed by atoms with Crippen molar-refractivity contribution in [3.8, 4) is 0 Å². The van der Waals surface area contributed by atoms with Crippen LogP contribution in [0.4, 0.5) is 11.4 Å². The van der Waals surface area contributed by atoms with Crippen molar-refractivity contribution in [2.24, 2.45) is 5.92 Å². The van der Waals surface area contributed by atoms with Gasteiger partial charge in [-0.05, 0) is 61.0 Å². The molecule has 12 nitrogen and oxygen atoms in total. The number of fused-ring (bicyclic) bond motifs is 2. The zero-order valence-electron chi connectivity index (χ0n) is 29.5. The van der Waals surface area contributed by atoms with Crippen molar-refractivity contribution >= 4 is 53.4 Å². The smallest absolute Gasteiger partial charge is 0.304 e. The molecule has 2 fully saturated rings. The number of aliphatic hydroxyl groups is 1. The van der Waals surface area contributed by atoms with Gasteiger partial charge in [-0.2, -0.15) is 0 Å². The van der Waals surface area contributed by atoms with Crippen LogP contribution in [0.15, 0.2) is 83.5 Å². The standard InChI is InChI=1S/C38H42BrN5O7Si/c1-23-36(52(3,4)49)33(15-16-42-21-31(40-41-42)29(22-45)26-10-6-5-7-11-26)51-38(23)30-18-27(39)13-14-32(30)43(37(38)48)20-25-9-8-12-28(17-25)44-34(47)19-35(44)50-24(2)46/h5-14,17-18,21,23,29,33,35-36,45,49H,15-16,19-20,22H2,1-4H3/t23-,29?,33+,35?,36-,38+/m0/s1. The van der Waals surface area contributed by atoms with Gasteiger partial charge in [-0.15, -0.1) is 5.10 Å². The Balaban J connectivity index is 1.16. The van der Waals surface area contributed by atoms with Gasteiger partial charge in [-0.25, -0.2) is 0 Å². The van der Waals surface area contributed by atoms with Crippen LogP contribution >= 0.6 is 15.9 Å². The average Bonchev–Trinajstić information content (AvgIpc) is 3.74. The third kappa shape index (κ3) is 6.40. The van der Waals surface area contributed by atoms with E-state index in [1.54, 1.807) is 15.6 Å². The molecule has 14 heteroatoms. The van der Waals surface area contributed by atoms with Crippen molar-refractivity contribution < 1.29 is 33.8 Å². The molecule has 3 aliphatic heterocycles. The first-order valence-corrected chi connectivity index (χ1v) is 21.3. The van der Waals surface area contributed by atoms with E-state index >= 15 is 0 Å². The number of ether oxygens (including phenoxy) is 2. The van der Waals surface area contributed by atoms with Gasteiger partial charge in [0.15, 0.2) is 20.1 Å². The molecule has 3 aromatic carbocycles. The largest absolute Gasteiger partial charge is 0.441 e. The number of aromatic nitrogens is 3. The lowest BCUT2D eigenvalue weighted by Gasteiger charge is -2.39. The third-order valence-corrected chi connectivity index (χ3v) is 13.6.